The number of nitrogens with zero attached hydrogens (tertiary/aromatic N) is 4. The maximum Gasteiger partial charge on any atom is 0.258 e. The van der Waals surface area contributed by atoms with E-state index in [0.29, 0.717) is 37.0 Å². The number of anilines is 1. The second-order valence-electron chi connectivity index (χ2n) is 9.12. The number of nitrogen functional groups attached to an aromatic ring is 1. The lowest BCUT2D eigenvalue weighted by molar-refractivity contribution is 0.0803. The Morgan fingerprint density at radius 3 is 2.76 bits per heavy atom. The minimum atomic E-state index is -3.66. The zero-order valence-corrected chi connectivity index (χ0v) is 20.6. The van der Waals surface area contributed by atoms with Gasteiger partial charge in [0, 0.05) is 53.5 Å². The molecule has 1 saturated heterocycles. The minimum Gasteiger partial charge on any atom is -0.383 e. The van der Waals surface area contributed by atoms with Crippen LogP contribution in [0.5, 0.6) is 0 Å². The molecule has 1 aliphatic rings. The summed E-state index contributed by atoms with van der Waals surface area (Å²) in [5, 5.41) is 2.40. The van der Waals surface area contributed by atoms with Crippen LogP contribution in [-0.4, -0.2) is 58.3 Å². The number of hydrogen-bond donors (Lipinski definition) is 2. The molecule has 2 aromatic heterocycles. The molecule has 8 nitrogen and oxygen atoms in total. The summed E-state index contributed by atoms with van der Waals surface area (Å²) in [5.74, 6) is 0.743. The van der Waals surface area contributed by atoms with Crippen LogP contribution in [-0.2, 0) is 16.6 Å². The zero-order chi connectivity index (χ0) is 24.0. The van der Waals surface area contributed by atoms with Crippen LogP contribution in [0.3, 0.4) is 0 Å². The molecule has 1 aliphatic heterocycles. The number of aromatic amines is 1. The first-order chi connectivity index (χ1) is 16.2. The Labute approximate surface area is 203 Å². The molecule has 3 heterocycles. The molecule has 178 valence electrons. The van der Waals surface area contributed by atoms with Crippen LogP contribution in [0, 0.1) is 5.92 Å². The number of sulfonamides is 1. The van der Waals surface area contributed by atoms with E-state index < -0.39 is 10.0 Å². The summed E-state index contributed by atoms with van der Waals surface area (Å²) in [7, 11) is -3.66. The molecule has 0 saturated carbocycles. The van der Waals surface area contributed by atoms with Crippen LogP contribution < -0.4 is 5.73 Å². The molecule has 34 heavy (non-hydrogen) atoms. The summed E-state index contributed by atoms with van der Waals surface area (Å²) in [6.07, 6.45) is 1.47. The van der Waals surface area contributed by atoms with E-state index in [9.17, 15) is 8.42 Å². The van der Waals surface area contributed by atoms with Crippen molar-refractivity contribution in [2.75, 3.05) is 25.4 Å². The number of nitrogens with one attached hydrogen (secondary N) is 1. The normalized spacial score (nSPS) is 18.3. The van der Waals surface area contributed by atoms with E-state index in [1.165, 1.54) is 6.33 Å². The van der Waals surface area contributed by atoms with Gasteiger partial charge in [-0.1, -0.05) is 31.5 Å². The first-order valence-electron chi connectivity index (χ1n) is 11.2. The number of rotatable bonds is 5. The van der Waals surface area contributed by atoms with Crippen molar-refractivity contribution in [3.8, 4) is 0 Å². The molecule has 2 aromatic carbocycles. The van der Waals surface area contributed by atoms with Crippen LogP contribution in [0.4, 0.5) is 5.82 Å². The number of nitrogens with two attached hydrogens (primary N) is 1. The van der Waals surface area contributed by atoms with Gasteiger partial charge >= 0.3 is 0 Å². The SMILES string of the molecule is CC(C)[C@H]1CN(S(=O)(=O)c2cc3cc(Cl)ccc3[nH]2)CCN1Cc1ccc2c(N)ncnc2c1. The average molecular weight is 499 g/mol. The Balaban J connectivity index is 1.37. The van der Waals surface area contributed by atoms with Crippen molar-refractivity contribution >= 4 is 49.2 Å². The summed E-state index contributed by atoms with van der Waals surface area (Å²) in [6, 6.07) is 13.1. The molecule has 10 heteroatoms. The van der Waals surface area contributed by atoms with Crippen LogP contribution >= 0.6 is 11.6 Å². The number of benzene rings is 2. The second kappa shape index (κ2) is 8.81. The van der Waals surface area contributed by atoms with Crippen LogP contribution in [0.15, 0.2) is 53.8 Å². The quantitative estimate of drug-likeness (QED) is 0.432. The standard InChI is InChI=1S/C24H27ClN6O2S/c1-15(2)22-13-31(34(32,33)23-11-17-10-18(25)4-6-20(17)29-23)8-7-30(22)12-16-3-5-19-21(9-16)27-14-28-24(19)26/h3-6,9-11,14-15,22,29H,7-8,12-13H2,1-2H3,(H2,26,27,28)/t22-/m1/s1. The summed E-state index contributed by atoms with van der Waals surface area (Å²) in [6.45, 7) is 6.46. The third-order valence-electron chi connectivity index (χ3n) is 6.56. The topological polar surface area (TPSA) is 108 Å². The number of aromatic nitrogens is 3. The molecule has 0 aliphatic carbocycles. The lowest BCUT2D eigenvalue weighted by Crippen LogP contribution is -2.56. The van der Waals surface area contributed by atoms with E-state index >= 15 is 0 Å². The number of hydrogen-bond acceptors (Lipinski definition) is 6. The summed E-state index contributed by atoms with van der Waals surface area (Å²) < 4.78 is 28.5. The van der Waals surface area contributed by atoms with Crippen LogP contribution in [0.1, 0.15) is 19.4 Å². The zero-order valence-electron chi connectivity index (χ0n) is 19.1. The van der Waals surface area contributed by atoms with Crippen LogP contribution in [0.25, 0.3) is 21.8 Å². The smallest absolute Gasteiger partial charge is 0.258 e. The highest BCUT2D eigenvalue weighted by molar-refractivity contribution is 7.89. The minimum absolute atomic E-state index is 0.0773. The first kappa shape index (κ1) is 23.0. The highest BCUT2D eigenvalue weighted by Gasteiger charge is 2.36. The Morgan fingerprint density at radius 1 is 1.15 bits per heavy atom. The Hall–Kier alpha value is -2.72. The number of halogens is 1. The van der Waals surface area contributed by atoms with Gasteiger partial charge in [-0.3, -0.25) is 4.90 Å². The molecule has 0 bridgehead atoms. The predicted molar refractivity (Wildman–Crippen MR) is 135 cm³/mol. The van der Waals surface area contributed by atoms with E-state index in [0.717, 1.165) is 27.4 Å². The molecule has 1 fully saturated rings. The highest BCUT2D eigenvalue weighted by Crippen LogP contribution is 2.28. The molecule has 1 atom stereocenters. The van der Waals surface area contributed by atoms with E-state index in [1.807, 2.05) is 18.2 Å². The summed E-state index contributed by atoms with van der Waals surface area (Å²) in [4.78, 5) is 13.8. The van der Waals surface area contributed by atoms with Gasteiger partial charge in [-0.25, -0.2) is 18.4 Å². The van der Waals surface area contributed by atoms with Gasteiger partial charge in [0.15, 0.2) is 0 Å². The van der Waals surface area contributed by atoms with Gasteiger partial charge in [0.2, 0.25) is 0 Å². The monoisotopic (exact) mass is 498 g/mol. The lowest BCUT2D eigenvalue weighted by atomic mass is 9.99. The van der Waals surface area contributed by atoms with Crippen molar-refractivity contribution in [1.29, 1.82) is 0 Å². The van der Waals surface area contributed by atoms with Gasteiger partial charge in [0.25, 0.3) is 10.0 Å². The second-order valence-corrected chi connectivity index (χ2v) is 11.5. The van der Waals surface area contributed by atoms with Crippen LogP contribution in [0.2, 0.25) is 5.02 Å². The average Bonchev–Trinajstić information content (AvgIpc) is 3.23. The molecular weight excluding hydrogens is 472 g/mol. The largest absolute Gasteiger partial charge is 0.383 e. The van der Waals surface area contributed by atoms with Gasteiger partial charge in [-0.05, 0) is 47.9 Å². The first-order valence-corrected chi connectivity index (χ1v) is 13.1. The number of H-pyrrole nitrogens is 1. The van der Waals surface area contributed by atoms with E-state index in [1.54, 1.807) is 28.6 Å². The van der Waals surface area contributed by atoms with Gasteiger partial charge < -0.3 is 10.7 Å². The molecule has 3 N–H and O–H groups in total. The molecule has 0 amide bonds. The van der Waals surface area contributed by atoms with E-state index in [2.05, 4.69) is 33.7 Å². The van der Waals surface area contributed by atoms with E-state index in [4.69, 9.17) is 17.3 Å². The molecule has 5 rings (SSSR count). The van der Waals surface area contributed by atoms with Crippen molar-refractivity contribution in [2.45, 2.75) is 31.5 Å². The van der Waals surface area contributed by atoms with Gasteiger partial charge in [0.1, 0.15) is 17.2 Å². The molecular formula is C24H27ClN6O2S. The number of fused-ring (bicyclic) bond motifs is 2. The molecule has 0 radical (unpaired) electrons. The highest BCUT2D eigenvalue weighted by atomic mass is 35.5. The predicted octanol–water partition coefficient (Wildman–Crippen LogP) is 3.88. The van der Waals surface area contributed by atoms with Crippen molar-refractivity contribution in [1.82, 2.24) is 24.2 Å². The lowest BCUT2D eigenvalue weighted by Gasteiger charge is -2.42. The third-order valence-corrected chi connectivity index (χ3v) is 8.58. The fraction of sp³-hybridized carbons (Fsp3) is 0.333. The number of piperazine rings is 1. The molecule has 4 aromatic rings. The van der Waals surface area contributed by atoms with Crippen molar-refractivity contribution < 1.29 is 8.42 Å². The van der Waals surface area contributed by atoms with E-state index in [-0.39, 0.29) is 17.0 Å². The van der Waals surface area contributed by atoms with Crippen molar-refractivity contribution in [2.24, 2.45) is 5.92 Å². The molecule has 0 spiro atoms. The fourth-order valence-electron chi connectivity index (χ4n) is 4.68. The maximum absolute atomic E-state index is 13.5. The summed E-state index contributed by atoms with van der Waals surface area (Å²) in [5.41, 5.74) is 8.63. The van der Waals surface area contributed by atoms with Crippen molar-refractivity contribution in [3.63, 3.8) is 0 Å². The molecule has 0 unspecified atom stereocenters. The summed E-state index contributed by atoms with van der Waals surface area (Å²) >= 11 is 6.07. The fourth-order valence-corrected chi connectivity index (χ4v) is 6.32. The Kier molecular flexibility index (Phi) is 5.97. The van der Waals surface area contributed by atoms with Gasteiger partial charge in [-0.2, -0.15) is 4.31 Å². The van der Waals surface area contributed by atoms with Gasteiger partial charge in [-0.15, -0.1) is 0 Å². The Morgan fingerprint density at radius 2 is 1.97 bits per heavy atom. The maximum atomic E-state index is 13.5. The van der Waals surface area contributed by atoms with Crippen molar-refractivity contribution in [3.05, 3.63) is 59.4 Å². The Bertz CT molecular complexity index is 1470. The third kappa shape index (κ3) is 4.24. The van der Waals surface area contributed by atoms with Gasteiger partial charge in [0.05, 0.1) is 5.52 Å².